The zero-order valence-corrected chi connectivity index (χ0v) is 11.0. The highest BCUT2D eigenvalue weighted by atomic mass is 16.5. The number of ether oxygens (including phenoxy) is 1. The molecular weight excluding hydrogens is 248 g/mol. The van der Waals surface area contributed by atoms with Gasteiger partial charge in [0.25, 0.3) is 5.91 Å². The first-order chi connectivity index (χ1) is 9.12. The second kappa shape index (κ2) is 4.61. The van der Waals surface area contributed by atoms with Gasteiger partial charge in [-0.2, -0.15) is 0 Å². The number of carbonyl (C=O) groups excluding carboxylic acids is 1. The smallest absolute Gasteiger partial charge is 0.276 e. The first kappa shape index (κ1) is 12.6. The first-order valence-corrected chi connectivity index (χ1v) is 6.64. The van der Waals surface area contributed by atoms with Gasteiger partial charge in [-0.05, 0) is 26.2 Å². The third-order valence-electron chi connectivity index (χ3n) is 4.11. The van der Waals surface area contributed by atoms with Crippen molar-refractivity contribution in [2.24, 2.45) is 0 Å². The SMILES string of the molecule is Cc1ocnc1C(=O)N1CC[C@H](O)[C@]2(CCCO2)C1. The van der Waals surface area contributed by atoms with Gasteiger partial charge in [-0.3, -0.25) is 4.79 Å². The molecule has 0 radical (unpaired) electrons. The van der Waals surface area contributed by atoms with Crippen LogP contribution >= 0.6 is 0 Å². The topological polar surface area (TPSA) is 75.8 Å². The third-order valence-corrected chi connectivity index (χ3v) is 4.11. The van der Waals surface area contributed by atoms with Crippen molar-refractivity contribution < 1.29 is 19.1 Å². The Morgan fingerprint density at radius 1 is 1.63 bits per heavy atom. The van der Waals surface area contributed by atoms with Gasteiger partial charge in [0, 0.05) is 13.2 Å². The number of rotatable bonds is 1. The molecule has 1 spiro atoms. The molecule has 2 aliphatic heterocycles. The molecule has 19 heavy (non-hydrogen) atoms. The Morgan fingerprint density at radius 2 is 2.47 bits per heavy atom. The van der Waals surface area contributed by atoms with E-state index in [0.29, 0.717) is 37.6 Å². The summed E-state index contributed by atoms with van der Waals surface area (Å²) in [6.45, 7) is 3.33. The molecule has 1 aromatic heterocycles. The quantitative estimate of drug-likeness (QED) is 0.811. The molecular formula is C13H18N2O4. The second-order valence-corrected chi connectivity index (χ2v) is 5.31. The number of likely N-dealkylation sites (tertiary alicyclic amines) is 1. The lowest BCUT2D eigenvalue weighted by molar-refractivity contribution is -0.124. The van der Waals surface area contributed by atoms with Crippen molar-refractivity contribution in [1.29, 1.82) is 0 Å². The van der Waals surface area contributed by atoms with E-state index in [1.54, 1.807) is 11.8 Å². The minimum atomic E-state index is -0.578. The lowest BCUT2D eigenvalue weighted by Crippen LogP contribution is -2.57. The van der Waals surface area contributed by atoms with Gasteiger partial charge in [-0.15, -0.1) is 0 Å². The Kier molecular flexibility index (Phi) is 3.06. The number of piperidine rings is 1. The average Bonchev–Trinajstić information content (AvgIpc) is 3.02. The number of hydrogen-bond acceptors (Lipinski definition) is 5. The molecule has 1 N–H and O–H groups in total. The molecule has 3 rings (SSSR count). The highest BCUT2D eigenvalue weighted by molar-refractivity contribution is 5.93. The van der Waals surface area contributed by atoms with Crippen LogP contribution in [0, 0.1) is 6.92 Å². The molecule has 0 aliphatic carbocycles. The molecule has 0 unspecified atom stereocenters. The summed E-state index contributed by atoms with van der Waals surface area (Å²) < 4.78 is 10.8. The number of aromatic nitrogens is 1. The fourth-order valence-corrected chi connectivity index (χ4v) is 2.99. The Morgan fingerprint density at radius 3 is 3.11 bits per heavy atom. The summed E-state index contributed by atoms with van der Waals surface area (Å²) in [6, 6.07) is 0. The summed E-state index contributed by atoms with van der Waals surface area (Å²) in [4.78, 5) is 18.1. The van der Waals surface area contributed by atoms with Crippen molar-refractivity contribution in [2.75, 3.05) is 19.7 Å². The van der Waals surface area contributed by atoms with E-state index in [9.17, 15) is 9.90 Å². The van der Waals surface area contributed by atoms with Gasteiger partial charge < -0.3 is 19.2 Å². The van der Waals surface area contributed by atoms with E-state index in [2.05, 4.69) is 4.98 Å². The molecule has 1 aromatic rings. The summed E-state index contributed by atoms with van der Waals surface area (Å²) in [5, 5.41) is 10.1. The lowest BCUT2D eigenvalue weighted by atomic mass is 9.87. The second-order valence-electron chi connectivity index (χ2n) is 5.31. The van der Waals surface area contributed by atoms with Crippen LogP contribution in [0.4, 0.5) is 0 Å². The molecule has 0 bridgehead atoms. The van der Waals surface area contributed by atoms with Crippen molar-refractivity contribution in [1.82, 2.24) is 9.88 Å². The number of hydrogen-bond donors (Lipinski definition) is 1. The summed E-state index contributed by atoms with van der Waals surface area (Å²) in [5.41, 5.74) is -0.226. The Bertz CT molecular complexity index is 479. The van der Waals surface area contributed by atoms with E-state index in [0.717, 1.165) is 12.8 Å². The number of aryl methyl sites for hydroxylation is 1. The van der Waals surface area contributed by atoms with Gasteiger partial charge in [0.15, 0.2) is 12.1 Å². The molecule has 3 heterocycles. The van der Waals surface area contributed by atoms with Crippen LogP contribution in [-0.2, 0) is 4.74 Å². The van der Waals surface area contributed by atoms with Crippen LogP contribution in [0.3, 0.4) is 0 Å². The van der Waals surface area contributed by atoms with E-state index in [4.69, 9.17) is 9.15 Å². The van der Waals surface area contributed by atoms with Gasteiger partial charge in [0.2, 0.25) is 0 Å². The van der Waals surface area contributed by atoms with E-state index in [1.807, 2.05) is 0 Å². The monoisotopic (exact) mass is 266 g/mol. The van der Waals surface area contributed by atoms with Gasteiger partial charge in [-0.1, -0.05) is 0 Å². The summed E-state index contributed by atoms with van der Waals surface area (Å²) in [5.74, 6) is 0.380. The van der Waals surface area contributed by atoms with Crippen LogP contribution < -0.4 is 0 Å². The fourth-order valence-electron chi connectivity index (χ4n) is 2.99. The van der Waals surface area contributed by atoms with Gasteiger partial charge in [0.05, 0.1) is 12.6 Å². The minimum absolute atomic E-state index is 0.145. The van der Waals surface area contributed by atoms with E-state index >= 15 is 0 Å². The standard InChI is InChI=1S/C13H18N2O4/c1-9-11(14-8-18-9)12(17)15-5-3-10(16)13(7-15)4-2-6-19-13/h8,10,16H,2-7H2,1H3/t10-,13-/m0/s1. The minimum Gasteiger partial charge on any atom is -0.448 e. The first-order valence-electron chi connectivity index (χ1n) is 6.64. The van der Waals surface area contributed by atoms with Gasteiger partial charge in [-0.25, -0.2) is 4.98 Å². The predicted molar refractivity (Wildman–Crippen MR) is 65.7 cm³/mol. The maximum Gasteiger partial charge on any atom is 0.276 e. The molecule has 2 fully saturated rings. The van der Waals surface area contributed by atoms with Crippen molar-refractivity contribution >= 4 is 5.91 Å². The molecule has 2 atom stereocenters. The fraction of sp³-hybridized carbons (Fsp3) is 0.692. The van der Waals surface area contributed by atoms with Crippen LogP contribution in [0.5, 0.6) is 0 Å². The summed E-state index contributed by atoms with van der Waals surface area (Å²) in [6.07, 6.45) is 3.07. The van der Waals surface area contributed by atoms with Crippen molar-refractivity contribution in [3.63, 3.8) is 0 Å². The zero-order valence-electron chi connectivity index (χ0n) is 11.0. The predicted octanol–water partition coefficient (Wildman–Crippen LogP) is 0.739. The Hall–Kier alpha value is -1.40. The Labute approximate surface area is 111 Å². The number of carbonyl (C=O) groups is 1. The maximum absolute atomic E-state index is 12.4. The van der Waals surface area contributed by atoms with Crippen LogP contribution in [0.2, 0.25) is 0 Å². The normalized spacial score (nSPS) is 31.1. The molecule has 2 saturated heterocycles. The molecule has 1 amide bonds. The number of amides is 1. The number of aliphatic hydroxyl groups excluding tert-OH is 1. The van der Waals surface area contributed by atoms with Gasteiger partial charge >= 0.3 is 0 Å². The van der Waals surface area contributed by atoms with E-state index in [-0.39, 0.29) is 5.91 Å². The van der Waals surface area contributed by atoms with Crippen molar-refractivity contribution in [3.05, 3.63) is 17.8 Å². The molecule has 6 heteroatoms. The van der Waals surface area contributed by atoms with Crippen LogP contribution in [-0.4, -0.2) is 52.3 Å². The van der Waals surface area contributed by atoms with Crippen molar-refractivity contribution in [3.8, 4) is 0 Å². The van der Waals surface area contributed by atoms with E-state index < -0.39 is 11.7 Å². The van der Waals surface area contributed by atoms with Crippen molar-refractivity contribution in [2.45, 2.75) is 37.9 Å². The molecule has 104 valence electrons. The molecule has 0 saturated carbocycles. The Balaban J connectivity index is 1.79. The van der Waals surface area contributed by atoms with E-state index in [1.165, 1.54) is 6.39 Å². The third kappa shape index (κ3) is 2.04. The van der Waals surface area contributed by atoms with Crippen LogP contribution in [0.1, 0.15) is 35.5 Å². The number of aliphatic hydroxyl groups is 1. The average molecular weight is 266 g/mol. The molecule has 2 aliphatic rings. The number of nitrogens with zero attached hydrogens (tertiary/aromatic N) is 2. The van der Waals surface area contributed by atoms with Crippen LogP contribution in [0.25, 0.3) is 0 Å². The summed E-state index contributed by atoms with van der Waals surface area (Å²) >= 11 is 0. The largest absolute Gasteiger partial charge is 0.448 e. The summed E-state index contributed by atoms with van der Waals surface area (Å²) in [7, 11) is 0. The zero-order chi connectivity index (χ0) is 13.5. The lowest BCUT2D eigenvalue weighted by Gasteiger charge is -2.42. The maximum atomic E-state index is 12.4. The highest BCUT2D eigenvalue weighted by Gasteiger charge is 2.47. The van der Waals surface area contributed by atoms with Gasteiger partial charge in [0.1, 0.15) is 11.4 Å². The van der Waals surface area contributed by atoms with Crippen LogP contribution in [0.15, 0.2) is 10.8 Å². The molecule has 6 nitrogen and oxygen atoms in total. The highest BCUT2D eigenvalue weighted by Crippen LogP contribution is 2.35. The number of oxazole rings is 1. The molecule has 0 aromatic carbocycles.